The van der Waals surface area contributed by atoms with Gasteiger partial charge in [0.1, 0.15) is 11.3 Å². The second-order valence-electron chi connectivity index (χ2n) is 8.35. The molecule has 0 radical (unpaired) electrons. The van der Waals surface area contributed by atoms with Crippen molar-refractivity contribution >= 4 is 57.1 Å². The van der Waals surface area contributed by atoms with Crippen molar-refractivity contribution in [3.05, 3.63) is 70.7 Å². The van der Waals surface area contributed by atoms with Gasteiger partial charge >= 0.3 is 0 Å². The summed E-state index contributed by atoms with van der Waals surface area (Å²) in [4.78, 5) is 24.5. The standard InChI is InChI=1S/C25H23ClN4O2S/c1-16-21(11-10-20(27-4)22(16)26)30-23(31)25(2,3)29(24(30)33)13-6-14-32-18-8-9-19-17(15-18)7-5-12-28-19/h5,7-12,15H,6,13-14H2,1-3H3. The largest absolute Gasteiger partial charge is 0.494 e. The van der Waals surface area contributed by atoms with E-state index in [9.17, 15) is 4.79 Å². The van der Waals surface area contributed by atoms with Gasteiger partial charge in [-0.15, -0.1) is 0 Å². The first-order valence-electron chi connectivity index (χ1n) is 10.6. The second kappa shape index (κ2) is 8.97. The number of carbonyl (C=O) groups excluding carboxylic acids is 1. The highest BCUT2D eigenvalue weighted by Gasteiger charge is 2.49. The van der Waals surface area contributed by atoms with Crippen LogP contribution >= 0.6 is 23.8 Å². The van der Waals surface area contributed by atoms with E-state index < -0.39 is 5.54 Å². The predicted octanol–water partition coefficient (Wildman–Crippen LogP) is 5.93. The van der Waals surface area contributed by atoms with Crippen molar-refractivity contribution < 1.29 is 9.53 Å². The first kappa shape index (κ1) is 23.0. The summed E-state index contributed by atoms with van der Waals surface area (Å²) >= 11 is 12.1. The average Bonchev–Trinajstić information content (AvgIpc) is 2.97. The number of pyridine rings is 1. The number of fused-ring (bicyclic) bond motifs is 1. The summed E-state index contributed by atoms with van der Waals surface area (Å²) in [6.45, 7) is 13.8. The second-order valence-corrected chi connectivity index (χ2v) is 9.09. The van der Waals surface area contributed by atoms with Crippen LogP contribution in [0.4, 0.5) is 11.4 Å². The normalized spacial score (nSPS) is 15.2. The highest BCUT2D eigenvalue weighted by molar-refractivity contribution is 7.80. The number of thiocarbonyl (C=S) groups is 1. The lowest BCUT2D eigenvalue weighted by molar-refractivity contribution is -0.123. The molecular formula is C25H23ClN4O2S. The van der Waals surface area contributed by atoms with E-state index in [1.54, 1.807) is 25.3 Å². The Labute approximate surface area is 203 Å². The average molecular weight is 479 g/mol. The van der Waals surface area contributed by atoms with Crippen molar-refractivity contribution in [1.82, 2.24) is 9.88 Å². The first-order chi connectivity index (χ1) is 15.8. The Morgan fingerprint density at radius 2 is 2.03 bits per heavy atom. The Bertz CT molecular complexity index is 1300. The number of halogens is 1. The van der Waals surface area contributed by atoms with Crippen LogP contribution in [-0.2, 0) is 4.79 Å². The van der Waals surface area contributed by atoms with Gasteiger partial charge in [-0.25, -0.2) is 4.85 Å². The highest BCUT2D eigenvalue weighted by Crippen LogP contribution is 2.39. The molecule has 8 heteroatoms. The molecule has 0 aliphatic carbocycles. The van der Waals surface area contributed by atoms with Crippen molar-refractivity contribution in [2.45, 2.75) is 32.7 Å². The number of carbonyl (C=O) groups is 1. The Balaban J connectivity index is 1.46. The molecule has 0 bridgehead atoms. The van der Waals surface area contributed by atoms with Gasteiger partial charge < -0.3 is 9.64 Å². The van der Waals surface area contributed by atoms with Gasteiger partial charge in [0.05, 0.1) is 29.4 Å². The fourth-order valence-corrected chi connectivity index (χ4v) is 4.67. The Hall–Kier alpha value is -3.21. The third-order valence-corrected chi connectivity index (χ3v) is 6.77. The molecule has 2 heterocycles. The van der Waals surface area contributed by atoms with E-state index in [1.165, 1.54) is 4.90 Å². The molecule has 1 aromatic heterocycles. The van der Waals surface area contributed by atoms with Gasteiger partial charge in [0.15, 0.2) is 5.11 Å². The number of amides is 1. The summed E-state index contributed by atoms with van der Waals surface area (Å²) in [5.74, 6) is 0.659. The van der Waals surface area contributed by atoms with Crippen molar-refractivity contribution in [2.24, 2.45) is 0 Å². The molecule has 0 saturated carbocycles. The number of ether oxygens (including phenoxy) is 1. The van der Waals surface area contributed by atoms with E-state index in [0.717, 1.165) is 16.7 Å². The molecule has 6 nitrogen and oxygen atoms in total. The number of hydrogen-bond donors (Lipinski definition) is 0. The minimum absolute atomic E-state index is 0.120. The van der Waals surface area contributed by atoms with Gasteiger partial charge in [-0.1, -0.05) is 23.7 Å². The minimum Gasteiger partial charge on any atom is -0.494 e. The van der Waals surface area contributed by atoms with Gasteiger partial charge in [0, 0.05) is 18.1 Å². The minimum atomic E-state index is -0.802. The molecular weight excluding hydrogens is 456 g/mol. The number of anilines is 1. The molecule has 1 aliphatic heterocycles. The summed E-state index contributed by atoms with van der Waals surface area (Å²) in [5, 5.41) is 1.79. The smallest absolute Gasteiger partial charge is 0.258 e. The van der Waals surface area contributed by atoms with Crippen LogP contribution in [0.25, 0.3) is 15.7 Å². The van der Waals surface area contributed by atoms with Crippen LogP contribution in [0, 0.1) is 13.5 Å². The van der Waals surface area contributed by atoms with Gasteiger partial charge in [-0.05, 0) is 75.3 Å². The Morgan fingerprint density at radius 3 is 2.79 bits per heavy atom. The summed E-state index contributed by atoms with van der Waals surface area (Å²) in [6, 6.07) is 13.1. The van der Waals surface area contributed by atoms with Crippen molar-refractivity contribution in [3.63, 3.8) is 0 Å². The molecule has 0 N–H and O–H groups in total. The van der Waals surface area contributed by atoms with E-state index in [-0.39, 0.29) is 5.91 Å². The van der Waals surface area contributed by atoms with E-state index in [0.29, 0.717) is 46.6 Å². The maximum atomic E-state index is 13.3. The summed E-state index contributed by atoms with van der Waals surface area (Å²) in [5.41, 5.74) is 1.75. The summed E-state index contributed by atoms with van der Waals surface area (Å²) in [7, 11) is 0. The maximum Gasteiger partial charge on any atom is 0.258 e. The van der Waals surface area contributed by atoms with Gasteiger partial charge in [0.2, 0.25) is 5.69 Å². The molecule has 3 aromatic rings. The molecule has 1 aliphatic rings. The van der Waals surface area contributed by atoms with Crippen LogP contribution in [0.15, 0.2) is 48.7 Å². The van der Waals surface area contributed by atoms with Gasteiger partial charge in [-0.3, -0.25) is 14.7 Å². The van der Waals surface area contributed by atoms with Crippen molar-refractivity contribution in [3.8, 4) is 5.75 Å². The third kappa shape index (κ3) is 4.12. The van der Waals surface area contributed by atoms with Crippen LogP contribution in [-0.4, -0.2) is 39.6 Å². The number of hydrogen-bond acceptors (Lipinski definition) is 4. The van der Waals surface area contributed by atoms with Crippen LogP contribution in [0.5, 0.6) is 5.75 Å². The topological polar surface area (TPSA) is 50.0 Å². The van der Waals surface area contributed by atoms with Gasteiger partial charge in [0.25, 0.3) is 5.91 Å². The SMILES string of the molecule is [C-]#[N+]c1ccc(N2C(=O)C(C)(C)N(CCCOc3ccc4ncccc4c3)C2=S)c(C)c1Cl. The van der Waals surface area contributed by atoms with E-state index in [2.05, 4.69) is 9.83 Å². The van der Waals surface area contributed by atoms with E-state index in [4.69, 9.17) is 35.1 Å². The fraction of sp³-hybridized carbons (Fsp3) is 0.280. The van der Waals surface area contributed by atoms with E-state index in [1.807, 2.05) is 49.1 Å². The van der Waals surface area contributed by atoms with Gasteiger partial charge in [-0.2, -0.15) is 0 Å². The van der Waals surface area contributed by atoms with Crippen LogP contribution < -0.4 is 9.64 Å². The molecule has 1 amide bonds. The Kier molecular flexibility index (Phi) is 6.24. The monoisotopic (exact) mass is 478 g/mol. The van der Waals surface area contributed by atoms with Crippen LogP contribution in [0.1, 0.15) is 25.8 Å². The van der Waals surface area contributed by atoms with Crippen LogP contribution in [0.2, 0.25) is 5.02 Å². The fourth-order valence-electron chi connectivity index (χ4n) is 3.97. The number of aromatic nitrogens is 1. The van der Waals surface area contributed by atoms with E-state index >= 15 is 0 Å². The van der Waals surface area contributed by atoms with Crippen LogP contribution in [0.3, 0.4) is 0 Å². The highest BCUT2D eigenvalue weighted by atomic mass is 35.5. The number of rotatable bonds is 6. The lowest BCUT2D eigenvalue weighted by Gasteiger charge is -2.29. The molecule has 0 spiro atoms. The lowest BCUT2D eigenvalue weighted by atomic mass is 10.0. The molecule has 1 fully saturated rings. The predicted molar refractivity (Wildman–Crippen MR) is 135 cm³/mol. The van der Waals surface area contributed by atoms with Crippen molar-refractivity contribution in [2.75, 3.05) is 18.1 Å². The third-order valence-electron chi connectivity index (χ3n) is 5.89. The summed E-state index contributed by atoms with van der Waals surface area (Å²) in [6.07, 6.45) is 2.45. The molecule has 2 aromatic carbocycles. The number of nitrogens with zero attached hydrogens (tertiary/aromatic N) is 4. The van der Waals surface area contributed by atoms with Crippen molar-refractivity contribution in [1.29, 1.82) is 0 Å². The molecule has 33 heavy (non-hydrogen) atoms. The zero-order valence-electron chi connectivity index (χ0n) is 18.6. The molecule has 168 valence electrons. The molecule has 0 atom stereocenters. The molecule has 1 saturated heterocycles. The Morgan fingerprint density at radius 1 is 1.24 bits per heavy atom. The zero-order valence-corrected chi connectivity index (χ0v) is 20.2. The molecule has 4 rings (SSSR count). The zero-order chi connectivity index (χ0) is 23.8. The summed E-state index contributed by atoms with van der Waals surface area (Å²) < 4.78 is 5.93. The first-order valence-corrected chi connectivity index (χ1v) is 11.3. The maximum absolute atomic E-state index is 13.3. The number of benzene rings is 2. The lowest BCUT2D eigenvalue weighted by Crippen LogP contribution is -2.44. The molecule has 0 unspecified atom stereocenters. The quantitative estimate of drug-likeness (QED) is 0.250.